The molecule has 0 unspecified atom stereocenters. The van der Waals surface area contributed by atoms with Crippen molar-refractivity contribution in [1.29, 1.82) is 0 Å². The predicted octanol–water partition coefficient (Wildman–Crippen LogP) is 1.69. The number of carbonyl (C=O) groups excluding carboxylic acids is 1. The van der Waals surface area contributed by atoms with Gasteiger partial charge in [-0.25, -0.2) is 0 Å². The average Bonchev–Trinajstić information content (AvgIpc) is 2.41. The minimum atomic E-state index is -4.82. The number of carbonyl (C=O) groups is 2. The van der Waals surface area contributed by atoms with Gasteiger partial charge in [-0.05, 0) is 17.7 Å². The zero-order valence-corrected chi connectivity index (χ0v) is 12.3. The zero-order chi connectivity index (χ0) is 17.5. The SMILES string of the molecule is COCCN(CC(=O)O)C(=O)Cc1cccc(OC(F)(F)F)c1. The second kappa shape index (κ2) is 8.37. The first-order valence-corrected chi connectivity index (χ1v) is 6.54. The number of carboxylic acids is 1. The Morgan fingerprint density at radius 1 is 1.30 bits per heavy atom. The molecule has 0 atom stereocenters. The van der Waals surface area contributed by atoms with E-state index in [1.54, 1.807) is 0 Å². The lowest BCUT2D eigenvalue weighted by Crippen LogP contribution is -2.38. The van der Waals surface area contributed by atoms with Gasteiger partial charge in [-0.2, -0.15) is 0 Å². The molecule has 128 valence electrons. The molecular weight excluding hydrogens is 319 g/mol. The number of nitrogens with zero attached hydrogens (tertiary/aromatic N) is 1. The first-order chi connectivity index (χ1) is 10.7. The van der Waals surface area contributed by atoms with Gasteiger partial charge in [-0.1, -0.05) is 12.1 Å². The Hall–Kier alpha value is -2.29. The van der Waals surface area contributed by atoms with Crippen LogP contribution in [-0.4, -0.2) is 55.1 Å². The highest BCUT2D eigenvalue weighted by Gasteiger charge is 2.31. The normalized spacial score (nSPS) is 11.1. The number of carboxylic acid groups (broad SMARTS) is 1. The van der Waals surface area contributed by atoms with E-state index in [-0.39, 0.29) is 25.1 Å². The van der Waals surface area contributed by atoms with Crippen molar-refractivity contribution in [1.82, 2.24) is 4.90 Å². The van der Waals surface area contributed by atoms with Crippen LogP contribution in [0.5, 0.6) is 5.75 Å². The monoisotopic (exact) mass is 335 g/mol. The Morgan fingerprint density at radius 3 is 2.57 bits per heavy atom. The molecular formula is C14H16F3NO5. The molecule has 1 aromatic rings. The van der Waals surface area contributed by atoms with E-state index in [2.05, 4.69) is 4.74 Å². The van der Waals surface area contributed by atoms with Crippen LogP contribution < -0.4 is 4.74 Å². The Kier molecular flexibility index (Phi) is 6.83. The number of amides is 1. The summed E-state index contributed by atoms with van der Waals surface area (Å²) in [6.07, 6.45) is -5.07. The number of ether oxygens (including phenoxy) is 2. The first-order valence-electron chi connectivity index (χ1n) is 6.54. The molecule has 0 aromatic heterocycles. The van der Waals surface area contributed by atoms with E-state index in [9.17, 15) is 22.8 Å². The average molecular weight is 335 g/mol. The molecule has 1 rings (SSSR count). The highest BCUT2D eigenvalue weighted by Crippen LogP contribution is 2.23. The molecule has 0 aliphatic heterocycles. The van der Waals surface area contributed by atoms with Crippen molar-refractivity contribution < 1.29 is 37.3 Å². The maximum Gasteiger partial charge on any atom is 0.573 e. The largest absolute Gasteiger partial charge is 0.573 e. The molecule has 23 heavy (non-hydrogen) atoms. The second-order valence-corrected chi connectivity index (χ2v) is 4.57. The lowest BCUT2D eigenvalue weighted by molar-refractivity contribution is -0.274. The summed E-state index contributed by atoms with van der Waals surface area (Å²) >= 11 is 0. The molecule has 1 aromatic carbocycles. The molecule has 9 heteroatoms. The molecule has 1 N–H and O–H groups in total. The maximum absolute atomic E-state index is 12.2. The van der Waals surface area contributed by atoms with Crippen LogP contribution in [-0.2, 0) is 20.7 Å². The molecule has 0 radical (unpaired) electrons. The summed E-state index contributed by atoms with van der Waals surface area (Å²) in [6, 6.07) is 4.97. The smallest absolute Gasteiger partial charge is 0.480 e. The van der Waals surface area contributed by atoms with Gasteiger partial charge in [-0.15, -0.1) is 13.2 Å². The molecule has 0 saturated heterocycles. The summed E-state index contributed by atoms with van der Waals surface area (Å²) in [5, 5.41) is 8.79. The standard InChI is InChI=1S/C14H16F3NO5/c1-22-6-5-18(9-13(20)21)12(19)8-10-3-2-4-11(7-10)23-14(15,16)17/h2-4,7H,5-6,8-9H2,1H3,(H,20,21). The van der Waals surface area contributed by atoms with E-state index in [0.717, 1.165) is 17.0 Å². The third-order valence-electron chi connectivity index (χ3n) is 2.73. The Bertz CT molecular complexity index is 547. The number of rotatable bonds is 8. The summed E-state index contributed by atoms with van der Waals surface area (Å²) in [4.78, 5) is 23.9. The van der Waals surface area contributed by atoms with E-state index < -0.39 is 30.5 Å². The molecule has 0 saturated carbocycles. The van der Waals surface area contributed by atoms with Crippen LogP contribution in [0.1, 0.15) is 5.56 Å². The van der Waals surface area contributed by atoms with Crippen molar-refractivity contribution in [3.63, 3.8) is 0 Å². The quantitative estimate of drug-likeness (QED) is 0.782. The van der Waals surface area contributed by atoms with Crippen molar-refractivity contribution in [2.24, 2.45) is 0 Å². The molecule has 0 aliphatic rings. The summed E-state index contributed by atoms with van der Waals surface area (Å²) in [5.74, 6) is -2.17. The third kappa shape index (κ3) is 7.50. The summed E-state index contributed by atoms with van der Waals surface area (Å²) in [6.45, 7) is -0.294. The van der Waals surface area contributed by atoms with E-state index in [1.165, 1.54) is 19.2 Å². The van der Waals surface area contributed by atoms with Crippen LogP contribution >= 0.6 is 0 Å². The molecule has 0 spiro atoms. The topological polar surface area (TPSA) is 76.1 Å². The van der Waals surface area contributed by atoms with Crippen LogP contribution in [0.2, 0.25) is 0 Å². The van der Waals surface area contributed by atoms with Crippen molar-refractivity contribution >= 4 is 11.9 Å². The van der Waals surface area contributed by atoms with Gasteiger partial charge < -0.3 is 19.5 Å². The number of halogens is 3. The number of alkyl halides is 3. The van der Waals surface area contributed by atoms with E-state index >= 15 is 0 Å². The van der Waals surface area contributed by atoms with E-state index in [4.69, 9.17) is 9.84 Å². The lowest BCUT2D eigenvalue weighted by atomic mass is 10.1. The van der Waals surface area contributed by atoms with Gasteiger partial charge in [0.15, 0.2) is 0 Å². The van der Waals surface area contributed by atoms with Gasteiger partial charge in [0.25, 0.3) is 0 Å². The number of aliphatic carboxylic acids is 1. The Balaban J connectivity index is 2.77. The number of hydrogen-bond acceptors (Lipinski definition) is 4. The molecule has 1 amide bonds. The molecule has 0 aliphatic carbocycles. The fourth-order valence-electron chi connectivity index (χ4n) is 1.80. The lowest BCUT2D eigenvalue weighted by Gasteiger charge is -2.20. The van der Waals surface area contributed by atoms with Gasteiger partial charge in [0.05, 0.1) is 13.0 Å². The molecule has 0 bridgehead atoms. The summed E-state index contributed by atoms with van der Waals surface area (Å²) < 4.78 is 45.1. The van der Waals surface area contributed by atoms with E-state index in [0.29, 0.717) is 0 Å². The number of methoxy groups -OCH3 is 1. The van der Waals surface area contributed by atoms with Gasteiger partial charge in [0.1, 0.15) is 12.3 Å². The number of benzene rings is 1. The first kappa shape index (κ1) is 18.8. The highest BCUT2D eigenvalue weighted by molar-refractivity contribution is 5.83. The molecule has 0 heterocycles. The highest BCUT2D eigenvalue weighted by atomic mass is 19.4. The minimum absolute atomic E-state index is 0.0698. The minimum Gasteiger partial charge on any atom is -0.480 e. The van der Waals surface area contributed by atoms with Gasteiger partial charge >= 0.3 is 12.3 Å². The summed E-state index contributed by atoms with van der Waals surface area (Å²) in [7, 11) is 1.40. The van der Waals surface area contributed by atoms with Crippen molar-refractivity contribution in [3.05, 3.63) is 29.8 Å². The van der Waals surface area contributed by atoms with Crippen LogP contribution in [0.3, 0.4) is 0 Å². The van der Waals surface area contributed by atoms with Crippen LogP contribution in [0.4, 0.5) is 13.2 Å². The second-order valence-electron chi connectivity index (χ2n) is 4.57. The molecule has 0 fully saturated rings. The van der Waals surface area contributed by atoms with Crippen molar-refractivity contribution in [2.75, 3.05) is 26.8 Å². The Morgan fingerprint density at radius 2 is 2.00 bits per heavy atom. The zero-order valence-electron chi connectivity index (χ0n) is 12.3. The van der Waals surface area contributed by atoms with Crippen molar-refractivity contribution in [3.8, 4) is 5.75 Å². The maximum atomic E-state index is 12.2. The van der Waals surface area contributed by atoms with Gasteiger partial charge in [-0.3, -0.25) is 9.59 Å². The molecule has 6 nitrogen and oxygen atoms in total. The number of hydrogen-bond donors (Lipinski definition) is 1. The van der Waals surface area contributed by atoms with Gasteiger partial charge in [0.2, 0.25) is 5.91 Å². The van der Waals surface area contributed by atoms with Crippen LogP contribution in [0, 0.1) is 0 Å². The fraction of sp³-hybridized carbons (Fsp3) is 0.429. The van der Waals surface area contributed by atoms with Crippen LogP contribution in [0.25, 0.3) is 0 Å². The fourth-order valence-corrected chi connectivity index (χ4v) is 1.80. The van der Waals surface area contributed by atoms with E-state index in [1.807, 2.05) is 0 Å². The summed E-state index contributed by atoms with van der Waals surface area (Å²) in [5.41, 5.74) is 0.282. The predicted molar refractivity (Wildman–Crippen MR) is 72.9 cm³/mol. The van der Waals surface area contributed by atoms with Crippen LogP contribution in [0.15, 0.2) is 24.3 Å². The third-order valence-corrected chi connectivity index (χ3v) is 2.73. The Labute approximate surface area is 130 Å². The van der Waals surface area contributed by atoms with Crippen molar-refractivity contribution in [2.45, 2.75) is 12.8 Å². The van der Waals surface area contributed by atoms with Gasteiger partial charge in [0, 0.05) is 13.7 Å².